The van der Waals surface area contributed by atoms with Crippen LogP contribution < -0.4 is 4.90 Å². The van der Waals surface area contributed by atoms with Gasteiger partial charge in [0.05, 0.1) is 0 Å². The molecular weight excluding hydrogens is 659 g/mol. The maximum Gasteiger partial charge on any atom is 0.0467 e. The summed E-state index contributed by atoms with van der Waals surface area (Å²) in [6, 6.07) is 69.0. The number of fused-ring (bicyclic) bond motifs is 6. The van der Waals surface area contributed by atoms with Crippen molar-refractivity contribution in [3.63, 3.8) is 0 Å². The highest BCUT2D eigenvalue weighted by Crippen LogP contribution is 2.50. The lowest BCUT2D eigenvalue weighted by Gasteiger charge is -2.27. The number of rotatable bonds is 6. The molecule has 0 saturated carbocycles. The molecule has 252 valence electrons. The van der Waals surface area contributed by atoms with Crippen LogP contribution in [0.4, 0.5) is 17.1 Å². The van der Waals surface area contributed by atoms with E-state index in [0.29, 0.717) is 0 Å². The second-order valence-electron chi connectivity index (χ2n) is 14.6. The van der Waals surface area contributed by atoms with Gasteiger partial charge in [-0.05, 0) is 110 Å². The molecule has 53 heavy (non-hydrogen) atoms. The molecule has 2 heteroatoms. The molecule has 0 saturated heterocycles. The first-order chi connectivity index (χ1) is 26.0. The SMILES string of the molecule is CC1(C)c2ccccc2-c2cc(-c3cccc(N(c4ccc(-c5cccc6sc7ccccc7c56)cc4)c4cccc(-c5ccccc5)c4)c3)ccc21. The van der Waals surface area contributed by atoms with E-state index in [-0.39, 0.29) is 5.41 Å². The smallest absolute Gasteiger partial charge is 0.0467 e. The van der Waals surface area contributed by atoms with Gasteiger partial charge in [0, 0.05) is 42.6 Å². The second kappa shape index (κ2) is 12.5. The number of thiophene rings is 1. The van der Waals surface area contributed by atoms with Gasteiger partial charge in [-0.1, -0.05) is 147 Å². The van der Waals surface area contributed by atoms with Crippen molar-refractivity contribution in [3.05, 3.63) is 199 Å². The Morgan fingerprint density at radius 3 is 1.74 bits per heavy atom. The predicted octanol–water partition coefficient (Wildman–Crippen LogP) is 14.8. The maximum atomic E-state index is 2.39. The summed E-state index contributed by atoms with van der Waals surface area (Å²) >= 11 is 1.87. The van der Waals surface area contributed by atoms with E-state index in [2.05, 4.69) is 207 Å². The van der Waals surface area contributed by atoms with Gasteiger partial charge in [0.2, 0.25) is 0 Å². The number of hydrogen-bond donors (Lipinski definition) is 0. The maximum absolute atomic E-state index is 2.39. The Kier molecular flexibility index (Phi) is 7.42. The highest BCUT2D eigenvalue weighted by molar-refractivity contribution is 7.25. The fourth-order valence-corrected chi connectivity index (χ4v) is 9.56. The summed E-state index contributed by atoms with van der Waals surface area (Å²) in [4.78, 5) is 2.39. The highest BCUT2D eigenvalue weighted by atomic mass is 32.1. The van der Waals surface area contributed by atoms with Crippen LogP contribution in [0.15, 0.2) is 188 Å². The largest absolute Gasteiger partial charge is 0.310 e. The lowest BCUT2D eigenvalue weighted by molar-refractivity contribution is 0.660. The molecule has 0 radical (unpaired) electrons. The van der Waals surface area contributed by atoms with Gasteiger partial charge in [-0.2, -0.15) is 0 Å². The molecule has 0 N–H and O–H groups in total. The third-order valence-corrected chi connectivity index (χ3v) is 12.2. The van der Waals surface area contributed by atoms with Gasteiger partial charge in [0.25, 0.3) is 0 Å². The molecule has 0 unspecified atom stereocenters. The lowest BCUT2D eigenvalue weighted by Crippen LogP contribution is -2.14. The average Bonchev–Trinajstić information content (AvgIpc) is 3.71. The molecule has 0 spiro atoms. The van der Waals surface area contributed by atoms with E-state index in [9.17, 15) is 0 Å². The van der Waals surface area contributed by atoms with E-state index in [4.69, 9.17) is 0 Å². The van der Waals surface area contributed by atoms with Crippen molar-refractivity contribution >= 4 is 48.6 Å². The van der Waals surface area contributed by atoms with Crippen molar-refractivity contribution in [2.75, 3.05) is 4.90 Å². The molecule has 1 heterocycles. The van der Waals surface area contributed by atoms with Gasteiger partial charge >= 0.3 is 0 Å². The van der Waals surface area contributed by atoms with Crippen LogP contribution in [0.5, 0.6) is 0 Å². The van der Waals surface area contributed by atoms with Gasteiger partial charge in [-0.15, -0.1) is 11.3 Å². The number of nitrogens with zero attached hydrogens (tertiary/aromatic N) is 1. The van der Waals surface area contributed by atoms with Gasteiger partial charge in [-0.3, -0.25) is 0 Å². The van der Waals surface area contributed by atoms with Crippen LogP contribution in [0.1, 0.15) is 25.0 Å². The predicted molar refractivity (Wildman–Crippen MR) is 228 cm³/mol. The fourth-order valence-electron chi connectivity index (χ4n) is 8.43. The molecule has 0 amide bonds. The Labute approximate surface area is 315 Å². The zero-order valence-electron chi connectivity index (χ0n) is 29.8. The fraction of sp³-hybridized carbons (Fsp3) is 0.0588. The molecule has 0 atom stereocenters. The van der Waals surface area contributed by atoms with E-state index < -0.39 is 0 Å². The van der Waals surface area contributed by atoms with Crippen LogP contribution in [-0.2, 0) is 5.41 Å². The van der Waals surface area contributed by atoms with Crippen molar-refractivity contribution in [2.24, 2.45) is 0 Å². The summed E-state index contributed by atoms with van der Waals surface area (Å²) in [5.41, 5.74) is 16.1. The van der Waals surface area contributed by atoms with Crippen LogP contribution >= 0.6 is 11.3 Å². The average molecular weight is 696 g/mol. The third-order valence-electron chi connectivity index (χ3n) is 11.1. The summed E-state index contributed by atoms with van der Waals surface area (Å²) in [6.07, 6.45) is 0. The van der Waals surface area contributed by atoms with Crippen molar-refractivity contribution in [1.82, 2.24) is 0 Å². The van der Waals surface area contributed by atoms with E-state index in [1.54, 1.807) is 0 Å². The van der Waals surface area contributed by atoms with Crippen molar-refractivity contribution in [3.8, 4) is 44.5 Å². The van der Waals surface area contributed by atoms with Crippen molar-refractivity contribution in [1.29, 1.82) is 0 Å². The minimum atomic E-state index is -0.0128. The molecule has 1 aliphatic rings. The Bertz CT molecular complexity index is 2810. The number of hydrogen-bond acceptors (Lipinski definition) is 2. The van der Waals surface area contributed by atoms with Gasteiger partial charge in [-0.25, -0.2) is 0 Å². The van der Waals surface area contributed by atoms with Gasteiger partial charge in [0.1, 0.15) is 0 Å². The Balaban J connectivity index is 1.09. The molecule has 0 bridgehead atoms. The standard InChI is InChI=1S/C51H37NS/c1-51(2)46-22-8-6-19-43(46)45-33-38(27-30-47(45)51)37-16-11-18-41(32-37)52(40-17-10-15-36(31-40)34-13-4-3-5-14-34)39-28-25-35(26-29-39)42-21-12-24-49-50(42)44-20-7-9-23-48(44)53-49/h3-33H,1-2H3. The van der Waals surface area contributed by atoms with E-state index in [0.717, 1.165) is 17.1 Å². The number of benzene rings is 8. The lowest BCUT2D eigenvalue weighted by atomic mass is 9.82. The van der Waals surface area contributed by atoms with Crippen molar-refractivity contribution in [2.45, 2.75) is 19.3 Å². The third kappa shape index (κ3) is 5.29. The van der Waals surface area contributed by atoms with E-state index in [1.807, 2.05) is 11.3 Å². The molecule has 1 nitrogen and oxygen atoms in total. The molecule has 1 aliphatic carbocycles. The summed E-state index contributed by atoms with van der Waals surface area (Å²) in [6.45, 7) is 4.68. The Morgan fingerprint density at radius 1 is 0.377 bits per heavy atom. The minimum absolute atomic E-state index is 0.0128. The van der Waals surface area contributed by atoms with Crippen LogP contribution in [0, 0.1) is 0 Å². The molecule has 10 rings (SSSR count). The molecule has 8 aromatic carbocycles. The van der Waals surface area contributed by atoms with Crippen LogP contribution in [0.3, 0.4) is 0 Å². The number of anilines is 3. The summed E-state index contributed by atoms with van der Waals surface area (Å²) < 4.78 is 2.65. The first kappa shape index (κ1) is 31.5. The Morgan fingerprint density at radius 2 is 0.943 bits per heavy atom. The minimum Gasteiger partial charge on any atom is -0.310 e. The Hall–Kier alpha value is -6.22. The highest BCUT2D eigenvalue weighted by Gasteiger charge is 2.35. The van der Waals surface area contributed by atoms with Crippen LogP contribution in [0.25, 0.3) is 64.7 Å². The van der Waals surface area contributed by atoms with Gasteiger partial charge in [0.15, 0.2) is 0 Å². The summed E-state index contributed by atoms with van der Waals surface area (Å²) in [5.74, 6) is 0. The quantitative estimate of drug-likeness (QED) is 0.167. The normalized spacial score (nSPS) is 12.9. The topological polar surface area (TPSA) is 3.24 Å². The van der Waals surface area contributed by atoms with Crippen molar-refractivity contribution < 1.29 is 0 Å². The van der Waals surface area contributed by atoms with Gasteiger partial charge < -0.3 is 4.90 Å². The zero-order valence-corrected chi connectivity index (χ0v) is 30.6. The molecule has 9 aromatic rings. The van der Waals surface area contributed by atoms with E-state index >= 15 is 0 Å². The first-order valence-electron chi connectivity index (χ1n) is 18.3. The summed E-state index contributed by atoms with van der Waals surface area (Å²) in [5, 5.41) is 2.66. The summed E-state index contributed by atoms with van der Waals surface area (Å²) in [7, 11) is 0. The molecule has 1 aromatic heterocycles. The molecule has 0 fully saturated rings. The monoisotopic (exact) mass is 695 g/mol. The first-order valence-corrected chi connectivity index (χ1v) is 19.2. The van der Waals surface area contributed by atoms with E-state index in [1.165, 1.54) is 75.8 Å². The molecular formula is C51H37NS. The molecule has 0 aliphatic heterocycles. The zero-order chi connectivity index (χ0) is 35.5. The van der Waals surface area contributed by atoms with Crippen LogP contribution in [-0.4, -0.2) is 0 Å². The second-order valence-corrected chi connectivity index (χ2v) is 15.6. The van der Waals surface area contributed by atoms with Crippen LogP contribution in [0.2, 0.25) is 0 Å².